The summed E-state index contributed by atoms with van der Waals surface area (Å²) < 4.78 is 29.7. The van der Waals surface area contributed by atoms with Gasteiger partial charge in [-0.1, -0.05) is 23.9 Å². The van der Waals surface area contributed by atoms with Crippen molar-refractivity contribution in [2.45, 2.75) is 5.50 Å². The minimum atomic E-state index is -0.470. The number of hydrogen-bond acceptors (Lipinski definition) is 6. The van der Waals surface area contributed by atoms with Crippen LogP contribution >= 0.6 is 11.8 Å². The van der Waals surface area contributed by atoms with E-state index in [2.05, 4.69) is 10.6 Å². The minimum Gasteiger partial charge on any atom is -0.493 e. The highest BCUT2D eigenvalue weighted by atomic mass is 32.2. The summed E-state index contributed by atoms with van der Waals surface area (Å²) in [6, 6.07) is 9.80. The van der Waals surface area contributed by atoms with Crippen molar-refractivity contribution in [2.75, 3.05) is 26.6 Å². The number of anilines is 1. The SMILES string of the molecule is COc1cc(/C=C2\SC(Nc3ccccc3F)NC2=O)cc(OC)c1OC. The van der Waals surface area contributed by atoms with Crippen LogP contribution in [-0.2, 0) is 4.79 Å². The Kier molecular flexibility index (Phi) is 5.75. The van der Waals surface area contributed by atoms with Crippen molar-refractivity contribution in [3.05, 3.63) is 52.7 Å². The molecule has 2 N–H and O–H groups in total. The lowest BCUT2D eigenvalue weighted by atomic mass is 10.1. The van der Waals surface area contributed by atoms with Gasteiger partial charge in [-0.15, -0.1) is 0 Å². The maximum absolute atomic E-state index is 13.8. The van der Waals surface area contributed by atoms with Gasteiger partial charge in [0.25, 0.3) is 5.91 Å². The summed E-state index contributed by atoms with van der Waals surface area (Å²) in [7, 11) is 4.58. The zero-order valence-electron chi connectivity index (χ0n) is 15.0. The summed E-state index contributed by atoms with van der Waals surface area (Å²) >= 11 is 1.26. The second-order valence-corrected chi connectivity index (χ2v) is 6.71. The van der Waals surface area contributed by atoms with E-state index in [1.54, 1.807) is 36.4 Å². The van der Waals surface area contributed by atoms with Crippen LogP contribution in [0.2, 0.25) is 0 Å². The molecule has 0 aromatic heterocycles. The molecule has 0 saturated carbocycles. The fourth-order valence-electron chi connectivity index (χ4n) is 2.62. The lowest BCUT2D eigenvalue weighted by Gasteiger charge is -2.13. The first-order chi connectivity index (χ1) is 13.0. The zero-order valence-corrected chi connectivity index (χ0v) is 15.9. The average Bonchev–Trinajstić information content (AvgIpc) is 3.01. The van der Waals surface area contributed by atoms with Crippen molar-refractivity contribution in [1.82, 2.24) is 5.32 Å². The number of rotatable bonds is 6. The van der Waals surface area contributed by atoms with Crippen LogP contribution in [0.25, 0.3) is 6.08 Å². The zero-order chi connectivity index (χ0) is 19.4. The van der Waals surface area contributed by atoms with E-state index in [9.17, 15) is 9.18 Å². The van der Waals surface area contributed by atoms with Gasteiger partial charge in [-0.05, 0) is 35.9 Å². The molecule has 1 atom stereocenters. The molecule has 0 aliphatic carbocycles. The summed E-state index contributed by atoms with van der Waals surface area (Å²) in [5.74, 6) is 0.836. The van der Waals surface area contributed by atoms with Crippen molar-refractivity contribution < 1.29 is 23.4 Å². The summed E-state index contributed by atoms with van der Waals surface area (Å²) in [5, 5.41) is 5.73. The van der Waals surface area contributed by atoms with Crippen LogP contribution in [0.3, 0.4) is 0 Å². The van der Waals surface area contributed by atoms with E-state index < -0.39 is 5.50 Å². The number of carbonyl (C=O) groups excluding carboxylic acids is 1. The number of methoxy groups -OCH3 is 3. The van der Waals surface area contributed by atoms with Gasteiger partial charge >= 0.3 is 0 Å². The number of amides is 1. The first-order valence-electron chi connectivity index (χ1n) is 8.06. The number of ether oxygens (including phenoxy) is 3. The highest BCUT2D eigenvalue weighted by molar-refractivity contribution is 8.05. The van der Waals surface area contributed by atoms with Crippen molar-refractivity contribution >= 4 is 29.4 Å². The van der Waals surface area contributed by atoms with Crippen LogP contribution in [-0.4, -0.2) is 32.7 Å². The molecule has 1 aliphatic heterocycles. The summed E-state index contributed by atoms with van der Waals surface area (Å²) in [6.07, 6.45) is 1.72. The number of halogens is 1. The van der Waals surface area contributed by atoms with Gasteiger partial charge in [-0.2, -0.15) is 0 Å². The molecule has 0 bridgehead atoms. The van der Waals surface area contributed by atoms with E-state index in [1.807, 2.05) is 0 Å². The Hall–Kier alpha value is -2.87. The van der Waals surface area contributed by atoms with Crippen LogP contribution in [0, 0.1) is 5.82 Å². The average molecular weight is 390 g/mol. The van der Waals surface area contributed by atoms with Gasteiger partial charge in [0.05, 0.1) is 31.9 Å². The topological polar surface area (TPSA) is 68.8 Å². The molecule has 8 heteroatoms. The van der Waals surface area contributed by atoms with Crippen molar-refractivity contribution in [3.63, 3.8) is 0 Å². The maximum atomic E-state index is 13.8. The van der Waals surface area contributed by atoms with Gasteiger partial charge in [0, 0.05) is 0 Å². The first-order valence-corrected chi connectivity index (χ1v) is 8.94. The molecule has 3 rings (SSSR count). The van der Waals surface area contributed by atoms with Gasteiger partial charge in [0.1, 0.15) is 5.82 Å². The van der Waals surface area contributed by atoms with E-state index in [0.29, 0.717) is 33.4 Å². The third kappa shape index (κ3) is 4.11. The summed E-state index contributed by atoms with van der Waals surface area (Å²) in [6.45, 7) is 0. The number of carbonyl (C=O) groups is 1. The van der Waals surface area contributed by atoms with E-state index in [4.69, 9.17) is 14.2 Å². The molecule has 0 spiro atoms. The van der Waals surface area contributed by atoms with Crippen LogP contribution < -0.4 is 24.8 Å². The lowest BCUT2D eigenvalue weighted by molar-refractivity contribution is -0.116. The Balaban J connectivity index is 1.83. The summed E-state index contributed by atoms with van der Waals surface area (Å²) in [5.41, 5.74) is 0.570. The van der Waals surface area contributed by atoms with Gasteiger partial charge in [-0.3, -0.25) is 4.79 Å². The van der Waals surface area contributed by atoms with Gasteiger partial charge in [0.15, 0.2) is 17.0 Å². The number of benzene rings is 2. The Bertz CT molecular complexity index is 863. The number of hydrogen-bond donors (Lipinski definition) is 2. The maximum Gasteiger partial charge on any atom is 0.260 e. The van der Waals surface area contributed by atoms with Crippen molar-refractivity contribution in [2.24, 2.45) is 0 Å². The molecular formula is C19H19FN2O4S. The molecule has 6 nitrogen and oxygen atoms in total. The molecule has 2 aromatic carbocycles. The molecule has 1 heterocycles. The highest BCUT2D eigenvalue weighted by Gasteiger charge is 2.28. The second-order valence-electron chi connectivity index (χ2n) is 5.56. The number of nitrogens with one attached hydrogen (secondary N) is 2. The second kappa shape index (κ2) is 8.22. The minimum absolute atomic E-state index is 0.248. The van der Waals surface area contributed by atoms with E-state index in [-0.39, 0.29) is 11.7 Å². The first kappa shape index (κ1) is 18.9. The lowest BCUT2D eigenvalue weighted by Crippen LogP contribution is -2.31. The highest BCUT2D eigenvalue weighted by Crippen LogP contribution is 2.40. The monoisotopic (exact) mass is 390 g/mol. The molecule has 1 unspecified atom stereocenters. The number of thioether (sulfide) groups is 1. The fourth-order valence-corrected chi connectivity index (χ4v) is 3.60. The predicted molar refractivity (Wildman–Crippen MR) is 104 cm³/mol. The van der Waals surface area contributed by atoms with Crippen LogP contribution in [0.15, 0.2) is 41.3 Å². The molecule has 142 valence electrons. The molecule has 2 aromatic rings. The third-order valence-electron chi connectivity index (χ3n) is 3.88. The largest absolute Gasteiger partial charge is 0.493 e. The molecule has 1 amide bonds. The Morgan fingerprint density at radius 2 is 1.78 bits per heavy atom. The van der Waals surface area contributed by atoms with Crippen molar-refractivity contribution in [1.29, 1.82) is 0 Å². The van der Waals surface area contributed by atoms with E-state index >= 15 is 0 Å². The van der Waals surface area contributed by atoms with Crippen LogP contribution in [0.4, 0.5) is 10.1 Å². The van der Waals surface area contributed by atoms with Crippen molar-refractivity contribution in [3.8, 4) is 17.2 Å². The smallest absolute Gasteiger partial charge is 0.260 e. The third-order valence-corrected chi connectivity index (χ3v) is 4.90. The van der Waals surface area contributed by atoms with E-state index in [0.717, 1.165) is 0 Å². The Morgan fingerprint density at radius 1 is 1.11 bits per heavy atom. The quantitative estimate of drug-likeness (QED) is 0.737. The fraction of sp³-hybridized carbons (Fsp3) is 0.211. The van der Waals surface area contributed by atoms with Crippen LogP contribution in [0.5, 0.6) is 17.2 Å². The van der Waals surface area contributed by atoms with E-state index in [1.165, 1.54) is 39.2 Å². The molecule has 1 saturated heterocycles. The number of para-hydroxylation sites is 1. The van der Waals surface area contributed by atoms with Crippen LogP contribution in [0.1, 0.15) is 5.56 Å². The molecular weight excluding hydrogens is 371 g/mol. The summed E-state index contributed by atoms with van der Waals surface area (Å²) in [4.78, 5) is 12.8. The standard InChI is InChI=1S/C19H19FN2O4S/c1-24-14-8-11(9-15(25-2)17(14)26-3)10-16-18(23)22-19(27-16)21-13-7-5-4-6-12(13)20/h4-10,19,21H,1-3H3,(H,22,23)/b16-10-. The van der Waals surface area contributed by atoms with Gasteiger partial charge in [-0.25, -0.2) is 4.39 Å². The van der Waals surface area contributed by atoms with Gasteiger partial charge < -0.3 is 24.8 Å². The molecule has 0 radical (unpaired) electrons. The molecule has 1 aliphatic rings. The van der Waals surface area contributed by atoms with Gasteiger partial charge in [0.2, 0.25) is 5.75 Å². The molecule has 27 heavy (non-hydrogen) atoms. The molecule has 1 fully saturated rings. The Morgan fingerprint density at radius 3 is 2.37 bits per heavy atom. The Labute approximate surface area is 160 Å². The predicted octanol–water partition coefficient (Wildman–Crippen LogP) is 3.45. The normalized spacial score (nSPS) is 17.6.